The molecule has 0 spiro atoms. The van der Waals surface area contributed by atoms with E-state index in [4.69, 9.17) is 4.98 Å². The molecule has 0 bridgehead atoms. The highest BCUT2D eigenvalue weighted by molar-refractivity contribution is 7.91. The third kappa shape index (κ3) is 12.9. The second-order valence-electron chi connectivity index (χ2n) is 18.4. The van der Waals surface area contributed by atoms with Crippen LogP contribution in [0, 0.1) is 37.3 Å². The molecule has 0 saturated carbocycles. The Bertz CT molecular complexity index is 2570. The smallest absolute Gasteiger partial charge is 0.225 e. The summed E-state index contributed by atoms with van der Waals surface area (Å²) in [5.41, 5.74) is 4.72. The SMILES string of the molecule is Cc1nc(N2CCN(c3ccc(F)c(S(C)(=O)=O)c3)C[C@H]2C(C)C)ncc1CN1CC(F)C1.Cc1nc(N2CCN(c3ccc(F)c(S(C)(=O)=O)c3)C[C@H]2C(C)C)ncc1CO.FC1CNC1. The number of benzene rings is 2. The molecule has 2 aromatic carbocycles. The van der Waals surface area contributed by atoms with E-state index < -0.39 is 43.7 Å². The normalized spacial score (nSPS) is 19.7. The summed E-state index contributed by atoms with van der Waals surface area (Å²) in [4.78, 5) is 28.4. The fourth-order valence-electron chi connectivity index (χ4n) is 8.35. The first-order chi connectivity index (χ1) is 31.5. The van der Waals surface area contributed by atoms with Gasteiger partial charge in [-0.15, -0.1) is 0 Å². The molecule has 2 N–H and O–H groups in total. The Balaban J connectivity index is 0.000000201. The number of nitrogens with zero attached hydrogens (tertiary/aromatic N) is 9. The van der Waals surface area contributed by atoms with Crippen molar-refractivity contribution in [3.63, 3.8) is 0 Å². The average Bonchev–Trinajstić information content (AvgIpc) is 3.25. The van der Waals surface area contributed by atoms with Gasteiger partial charge >= 0.3 is 0 Å². The number of nitrogens with one attached hydrogen (secondary N) is 1. The summed E-state index contributed by atoms with van der Waals surface area (Å²) in [5.74, 6) is 0.391. The first kappa shape index (κ1) is 51.7. The molecule has 4 aromatic rings. The predicted molar refractivity (Wildman–Crippen MR) is 253 cm³/mol. The molecule has 8 rings (SSSR count). The van der Waals surface area contributed by atoms with Gasteiger partial charge in [-0.2, -0.15) is 0 Å². The van der Waals surface area contributed by atoms with Crippen molar-refractivity contribution >= 4 is 42.9 Å². The Morgan fingerprint density at radius 1 is 0.672 bits per heavy atom. The van der Waals surface area contributed by atoms with E-state index in [1.165, 1.54) is 24.3 Å². The Kier molecular flexibility index (Phi) is 16.8. The average molecular weight is 977 g/mol. The van der Waals surface area contributed by atoms with E-state index in [2.05, 4.69) is 67.6 Å². The van der Waals surface area contributed by atoms with E-state index >= 15 is 0 Å². The van der Waals surface area contributed by atoms with Crippen molar-refractivity contribution in [2.45, 2.75) is 88.9 Å². The van der Waals surface area contributed by atoms with E-state index in [0.29, 0.717) is 101 Å². The number of hydrogen-bond acceptors (Lipinski definition) is 15. The van der Waals surface area contributed by atoms with Crippen LogP contribution >= 0.6 is 0 Å². The number of aliphatic hydroxyl groups excluding tert-OH is 1. The maximum atomic E-state index is 14.1. The molecule has 21 heteroatoms. The Morgan fingerprint density at radius 3 is 1.42 bits per heavy atom. The number of rotatable bonds is 11. The molecular weight excluding hydrogens is 913 g/mol. The van der Waals surface area contributed by atoms with Crippen molar-refractivity contribution in [2.24, 2.45) is 11.8 Å². The molecular formula is C46H64F4N10O5S2. The number of alkyl halides is 2. The Hall–Kier alpha value is -4.70. The van der Waals surface area contributed by atoms with Gasteiger partial charge in [-0.05, 0) is 62.1 Å². The second kappa shape index (κ2) is 21.7. The van der Waals surface area contributed by atoms with Crippen LogP contribution in [0.3, 0.4) is 0 Å². The monoisotopic (exact) mass is 976 g/mol. The summed E-state index contributed by atoms with van der Waals surface area (Å²) < 4.78 is 100. The van der Waals surface area contributed by atoms with Gasteiger partial charge in [0.25, 0.3) is 0 Å². The molecule has 4 fully saturated rings. The van der Waals surface area contributed by atoms with Crippen LogP contribution in [0.15, 0.2) is 58.6 Å². The number of aliphatic hydroxyl groups is 1. The highest BCUT2D eigenvalue weighted by Gasteiger charge is 2.34. The van der Waals surface area contributed by atoms with Crippen molar-refractivity contribution in [1.82, 2.24) is 30.2 Å². The lowest BCUT2D eigenvalue weighted by atomic mass is 9.99. The summed E-state index contributed by atoms with van der Waals surface area (Å²) in [6.07, 6.45) is 4.24. The molecule has 67 heavy (non-hydrogen) atoms. The lowest BCUT2D eigenvalue weighted by Crippen LogP contribution is -2.56. The topological polar surface area (TPSA) is 168 Å². The molecule has 0 aliphatic carbocycles. The van der Waals surface area contributed by atoms with E-state index in [0.717, 1.165) is 29.5 Å². The van der Waals surface area contributed by atoms with Crippen LogP contribution < -0.4 is 24.9 Å². The standard InChI is InChI=1S/C23H31F2N5O2S.C20H27FN4O3S.C3H6FN/c1-15(2)21-14-29(19-5-6-20(25)22(9-19)33(4,31)32)7-8-30(21)23-26-10-17(16(3)27-23)11-28-12-18(24)13-28;1-13(2)18-11-24(16-5-6-17(21)19(9-16)29(4,27)28)7-8-25(18)20-22-10-15(12-26)14(3)23-20;4-3-1-5-2-3/h5-6,9-10,15,18,21H,7-8,11-14H2,1-4H3;5-6,9-10,13,18,26H,7-8,11-12H2,1-4H3;3,5H,1-2H2/t21-;18-;/m00./s1. The minimum atomic E-state index is -3.65. The number of halogens is 4. The zero-order valence-corrected chi connectivity index (χ0v) is 41.1. The minimum Gasteiger partial charge on any atom is -0.392 e. The van der Waals surface area contributed by atoms with Crippen molar-refractivity contribution in [2.75, 3.05) is 97.6 Å². The molecule has 6 heterocycles. The van der Waals surface area contributed by atoms with Crippen LogP contribution in [0.1, 0.15) is 50.2 Å². The molecule has 4 aliphatic rings. The highest BCUT2D eigenvalue weighted by atomic mass is 32.2. The molecule has 0 unspecified atom stereocenters. The van der Waals surface area contributed by atoms with Crippen molar-refractivity contribution in [1.29, 1.82) is 0 Å². The number of likely N-dealkylation sites (tertiary alicyclic amines) is 1. The van der Waals surface area contributed by atoms with Crippen molar-refractivity contribution < 1.29 is 39.5 Å². The molecule has 15 nitrogen and oxygen atoms in total. The largest absolute Gasteiger partial charge is 0.392 e. The molecule has 0 amide bonds. The quantitative estimate of drug-likeness (QED) is 0.194. The fourth-order valence-corrected chi connectivity index (χ4v) is 9.86. The van der Waals surface area contributed by atoms with E-state index in [-0.39, 0.29) is 40.3 Å². The molecule has 4 saturated heterocycles. The first-order valence-corrected chi connectivity index (χ1v) is 26.3. The summed E-state index contributed by atoms with van der Waals surface area (Å²) in [5, 5.41) is 12.1. The molecule has 2 aromatic heterocycles. The van der Waals surface area contributed by atoms with Gasteiger partial charge in [0.2, 0.25) is 11.9 Å². The van der Waals surface area contributed by atoms with Crippen LogP contribution in [0.25, 0.3) is 0 Å². The Labute approximate surface area is 392 Å². The summed E-state index contributed by atoms with van der Waals surface area (Å²) in [6, 6.07) is 8.70. The lowest BCUT2D eigenvalue weighted by molar-refractivity contribution is 0.0587. The third-order valence-electron chi connectivity index (χ3n) is 12.6. The maximum Gasteiger partial charge on any atom is 0.225 e. The summed E-state index contributed by atoms with van der Waals surface area (Å²) >= 11 is 0. The van der Waals surface area contributed by atoms with Crippen molar-refractivity contribution in [3.8, 4) is 0 Å². The van der Waals surface area contributed by atoms with E-state index in [1.54, 1.807) is 18.3 Å². The van der Waals surface area contributed by atoms with Gasteiger partial charge in [-0.1, -0.05) is 27.7 Å². The maximum absolute atomic E-state index is 14.1. The van der Waals surface area contributed by atoms with E-state index in [9.17, 15) is 39.5 Å². The van der Waals surface area contributed by atoms with Crippen LogP contribution in [-0.2, 0) is 32.8 Å². The second-order valence-corrected chi connectivity index (χ2v) is 22.4. The summed E-state index contributed by atoms with van der Waals surface area (Å²) in [6.45, 7) is 18.8. The number of aryl methyl sites for hydroxylation is 2. The van der Waals surface area contributed by atoms with Crippen LogP contribution in [0.5, 0.6) is 0 Å². The zero-order chi connectivity index (χ0) is 49.0. The van der Waals surface area contributed by atoms with Crippen molar-refractivity contribution in [3.05, 3.63) is 82.9 Å². The number of piperazine rings is 2. The van der Waals surface area contributed by atoms with Gasteiger partial charge < -0.3 is 30.0 Å². The molecule has 0 radical (unpaired) electrons. The fraction of sp³-hybridized carbons (Fsp3) is 0.565. The van der Waals surface area contributed by atoms with Gasteiger partial charge in [-0.3, -0.25) is 4.90 Å². The van der Waals surface area contributed by atoms with Gasteiger partial charge in [0.1, 0.15) is 33.8 Å². The van der Waals surface area contributed by atoms with Crippen LogP contribution in [-0.4, -0.2) is 149 Å². The van der Waals surface area contributed by atoms with Crippen LogP contribution in [0.2, 0.25) is 0 Å². The van der Waals surface area contributed by atoms with Gasteiger partial charge in [0, 0.05) is 131 Å². The van der Waals surface area contributed by atoms with E-state index in [1.807, 2.05) is 24.9 Å². The highest BCUT2D eigenvalue weighted by Crippen LogP contribution is 2.31. The number of hydrogen-bond donors (Lipinski definition) is 2. The zero-order valence-electron chi connectivity index (χ0n) is 39.5. The number of anilines is 4. The predicted octanol–water partition coefficient (Wildman–Crippen LogP) is 4.93. The number of sulfone groups is 2. The van der Waals surface area contributed by atoms with Gasteiger partial charge in [0.05, 0.1) is 18.7 Å². The number of aromatic nitrogens is 4. The van der Waals surface area contributed by atoms with Gasteiger partial charge in [0.15, 0.2) is 19.7 Å². The van der Waals surface area contributed by atoms with Gasteiger partial charge in [-0.25, -0.2) is 54.3 Å². The molecule has 4 aliphatic heterocycles. The minimum absolute atomic E-state index is 0.0925. The van der Waals surface area contributed by atoms with Crippen LogP contribution in [0.4, 0.5) is 40.8 Å². The third-order valence-corrected chi connectivity index (χ3v) is 14.8. The molecule has 2 atom stereocenters. The molecule has 368 valence electrons. The lowest BCUT2D eigenvalue weighted by Gasteiger charge is -2.44. The summed E-state index contributed by atoms with van der Waals surface area (Å²) in [7, 11) is -7.30. The Morgan fingerprint density at radius 2 is 1.09 bits per heavy atom. The first-order valence-electron chi connectivity index (χ1n) is 22.5.